The number of fused-ring (bicyclic) bond motifs is 1. The highest BCUT2D eigenvalue weighted by Gasteiger charge is 2.14. The molecule has 0 saturated carbocycles. The van der Waals surface area contributed by atoms with Crippen molar-refractivity contribution in [1.82, 2.24) is 0 Å². The van der Waals surface area contributed by atoms with Crippen molar-refractivity contribution in [2.75, 3.05) is 38.0 Å². The molecule has 0 fully saturated rings. The summed E-state index contributed by atoms with van der Waals surface area (Å²) in [5, 5.41) is 2.66. The lowest BCUT2D eigenvalue weighted by Crippen LogP contribution is -2.15. The van der Waals surface area contributed by atoms with Crippen LogP contribution >= 0.6 is 0 Å². The van der Waals surface area contributed by atoms with Gasteiger partial charge in [0.15, 0.2) is 0 Å². The third kappa shape index (κ3) is 1.92. The Bertz CT molecular complexity index is 534. The van der Waals surface area contributed by atoms with Crippen LogP contribution in [0.5, 0.6) is 0 Å². The zero-order valence-electron chi connectivity index (χ0n) is 12.2. The van der Waals surface area contributed by atoms with Gasteiger partial charge in [-0.25, -0.2) is 0 Å². The highest BCUT2D eigenvalue weighted by Crippen LogP contribution is 2.38. The number of rotatable bonds is 2. The molecular formula is C16H22N2. The molecule has 0 aliphatic carbocycles. The fourth-order valence-electron chi connectivity index (χ4n) is 2.74. The zero-order valence-corrected chi connectivity index (χ0v) is 12.2. The summed E-state index contributed by atoms with van der Waals surface area (Å²) in [6, 6.07) is 8.83. The van der Waals surface area contributed by atoms with Gasteiger partial charge in [0, 0.05) is 45.0 Å². The predicted molar refractivity (Wildman–Crippen MR) is 82.1 cm³/mol. The Balaban J connectivity index is 2.97. The lowest BCUT2D eigenvalue weighted by molar-refractivity contribution is 1.10. The normalized spacial score (nSPS) is 10.8. The second kappa shape index (κ2) is 4.52. The van der Waals surface area contributed by atoms with E-state index in [0.29, 0.717) is 0 Å². The fraction of sp³-hybridized carbons (Fsp3) is 0.375. The van der Waals surface area contributed by atoms with E-state index >= 15 is 0 Å². The van der Waals surface area contributed by atoms with E-state index in [9.17, 15) is 0 Å². The van der Waals surface area contributed by atoms with E-state index in [-0.39, 0.29) is 0 Å². The van der Waals surface area contributed by atoms with Crippen molar-refractivity contribution in [3.63, 3.8) is 0 Å². The number of nitrogens with zero attached hydrogens (tertiary/aromatic N) is 2. The van der Waals surface area contributed by atoms with Crippen molar-refractivity contribution in [1.29, 1.82) is 0 Å². The van der Waals surface area contributed by atoms with Gasteiger partial charge in [-0.3, -0.25) is 0 Å². The molecule has 0 radical (unpaired) electrons. The summed E-state index contributed by atoms with van der Waals surface area (Å²) in [5.74, 6) is 0. The molecule has 18 heavy (non-hydrogen) atoms. The van der Waals surface area contributed by atoms with E-state index in [2.05, 4.69) is 76.1 Å². The minimum Gasteiger partial charge on any atom is -0.377 e. The summed E-state index contributed by atoms with van der Waals surface area (Å²) in [7, 11) is 8.46. The van der Waals surface area contributed by atoms with Crippen molar-refractivity contribution in [3.8, 4) is 0 Å². The molecule has 0 unspecified atom stereocenters. The van der Waals surface area contributed by atoms with Crippen LogP contribution in [0.2, 0.25) is 0 Å². The smallest absolute Gasteiger partial charge is 0.0491 e. The van der Waals surface area contributed by atoms with Gasteiger partial charge in [0.05, 0.1) is 0 Å². The Morgan fingerprint density at radius 2 is 1.06 bits per heavy atom. The summed E-state index contributed by atoms with van der Waals surface area (Å²) in [5.41, 5.74) is 5.28. The van der Waals surface area contributed by atoms with Crippen molar-refractivity contribution in [2.45, 2.75) is 13.8 Å². The molecule has 0 atom stereocenters. The highest BCUT2D eigenvalue weighted by molar-refractivity contribution is 6.05. The molecule has 2 rings (SSSR count). The van der Waals surface area contributed by atoms with Crippen molar-refractivity contribution < 1.29 is 0 Å². The molecular weight excluding hydrogens is 220 g/mol. The largest absolute Gasteiger partial charge is 0.377 e. The minimum absolute atomic E-state index is 1.30. The lowest BCUT2D eigenvalue weighted by atomic mass is 9.99. The van der Waals surface area contributed by atoms with Crippen LogP contribution < -0.4 is 9.80 Å². The second-order valence-corrected chi connectivity index (χ2v) is 5.35. The fourth-order valence-corrected chi connectivity index (χ4v) is 2.74. The summed E-state index contributed by atoms with van der Waals surface area (Å²) in [6.07, 6.45) is 0. The SMILES string of the molecule is Cc1ccc2ccc(C)c(N(C)C)c2c1N(C)C. The van der Waals surface area contributed by atoms with E-state index in [1.54, 1.807) is 0 Å². The number of anilines is 2. The van der Waals surface area contributed by atoms with Crippen LogP contribution in [0.25, 0.3) is 10.8 Å². The first-order chi connectivity index (χ1) is 8.43. The predicted octanol–water partition coefficient (Wildman–Crippen LogP) is 3.59. The highest BCUT2D eigenvalue weighted by atomic mass is 15.1. The summed E-state index contributed by atoms with van der Waals surface area (Å²) >= 11 is 0. The molecule has 0 aromatic heterocycles. The number of aryl methyl sites for hydroxylation is 2. The van der Waals surface area contributed by atoms with Crippen LogP contribution in [0.15, 0.2) is 24.3 Å². The van der Waals surface area contributed by atoms with Gasteiger partial charge in [0.1, 0.15) is 0 Å². The quantitative estimate of drug-likeness (QED) is 0.794. The third-order valence-corrected chi connectivity index (χ3v) is 3.43. The van der Waals surface area contributed by atoms with Gasteiger partial charge in [-0.2, -0.15) is 0 Å². The molecule has 0 aliphatic heterocycles. The van der Waals surface area contributed by atoms with Crippen molar-refractivity contribution in [2.24, 2.45) is 0 Å². The summed E-state index contributed by atoms with van der Waals surface area (Å²) in [6.45, 7) is 4.35. The van der Waals surface area contributed by atoms with Gasteiger partial charge in [-0.1, -0.05) is 24.3 Å². The lowest BCUT2D eigenvalue weighted by Gasteiger charge is -2.25. The van der Waals surface area contributed by atoms with Gasteiger partial charge in [0.25, 0.3) is 0 Å². The van der Waals surface area contributed by atoms with Crippen LogP contribution in [-0.4, -0.2) is 28.2 Å². The van der Waals surface area contributed by atoms with Crippen LogP contribution in [0.3, 0.4) is 0 Å². The zero-order chi connectivity index (χ0) is 13.4. The Hall–Kier alpha value is -1.70. The Morgan fingerprint density at radius 1 is 0.667 bits per heavy atom. The molecule has 2 nitrogen and oxygen atoms in total. The van der Waals surface area contributed by atoms with E-state index in [0.717, 1.165) is 0 Å². The molecule has 2 aromatic carbocycles. The average molecular weight is 242 g/mol. The van der Waals surface area contributed by atoms with Gasteiger partial charge in [-0.05, 0) is 30.4 Å². The van der Waals surface area contributed by atoms with Crippen molar-refractivity contribution in [3.05, 3.63) is 35.4 Å². The number of hydrogen-bond donors (Lipinski definition) is 0. The Kier molecular flexibility index (Phi) is 3.20. The Labute approximate surface area is 110 Å². The van der Waals surface area contributed by atoms with Gasteiger partial charge >= 0.3 is 0 Å². The maximum absolute atomic E-state index is 2.21. The van der Waals surface area contributed by atoms with Gasteiger partial charge in [-0.15, -0.1) is 0 Å². The molecule has 2 heteroatoms. The maximum atomic E-state index is 2.21. The van der Waals surface area contributed by atoms with Crippen molar-refractivity contribution >= 4 is 22.1 Å². The van der Waals surface area contributed by atoms with Crippen LogP contribution in [0.1, 0.15) is 11.1 Å². The van der Waals surface area contributed by atoms with Gasteiger partial charge < -0.3 is 9.80 Å². The molecule has 0 spiro atoms. The van der Waals surface area contributed by atoms with E-state index in [1.807, 2.05) is 0 Å². The first-order valence-corrected chi connectivity index (χ1v) is 6.31. The first-order valence-electron chi connectivity index (χ1n) is 6.31. The first kappa shape index (κ1) is 12.7. The number of hydrogen-bond acceptors (Lipinski definition) is 2. The number of benzene rings is 2. The van der Waals surface area contributed by atoms with E-state index < -0.39 is 0 Å². The second-order valence-electron chi connectivity index (χ2n) is 5.35. The van der Waals surface area contributed by atoms with Crippen LogP contribution in [0, 0.1) is 13.8 Å². The van der Waals surface area contributed by atoms with Crippen LogP contribution in [-0.2, 0) is 0 Å². The molecule has 2 aromatic rings. The monoisotopic (exact) mass is 242 g/mol. The molecule has 0 N–H and O–H groups in total. The standard InChI is InChI=1S/C16H22N2/c1-11-7-9-13-10-8-12(2)16(18(5)6)14(13)15(11)17(3)4/h7-10H,1-6H3. The summed E-state index contributed by atoms with van der Waals surface area (Å²) < 4.78 is 0. The topological polar surface area (TPSA) is 6.48 Å². The molecule has 0 heterocycles. The van der Waals surface area contributed by atoms with E-state index in [4.69, 9.17) is 0 Å². The van der Waals surface area contributed by atoms with Crippen LogP contribution in [0.4, 0.5) is 11.4 Å². The molecule has 96 valence electrons. The summed E-state index contributed by atoms with van der Waals surface area (Å²) in [4.78, 5) is 4.42. The molecule has 0 aliphatic rings. The third-order valence-electron chi connectivity index (χ3n) is 3.43. The molecule has 0 amide bonds. The van der Waals surface area contributed by atoms with E-state index in [1.165, 1.54) is 33.3 Å². The molecule has 0 saturated heterocycles. The average Bonchev–Trinajstić information content (AvgIpc) is 2.27. The minimum atomic E-state index is 1.30. The molecule has 0 bridgehead atoms. The maximum Gasteiger partial charge on any atom is 0.0491 e. The van der Waals surface area contributed by atoms with Gasteiger partial charge in [0.2, 0.25) is 0 Å². The Morgan fingerprint density at radius 3 is 1.39 bits per heavy atom.